The molecule has 1 amide bonds. The fourth-order valence-corrected chi connectivity index (χ4v) is 1.99. The van der Waals surface area contributed by atoms with E-state index >= 15 is 0 Å². The molecule has 13 heavy (non-hydrogen) atoms. The Morgan fingerprint density at radius 1 is 1.54 bits per heavy atom. The van der Waals surface area contributed by atoms with E-state index in [9.17, 15) is 4.79 Å². The second-order valence-electron chi connectivity index (χ2n) is 4.50. The maximum atomic E-state index is 11.1. The molecule has 1 aliphatic carbocycles. The molecule has 1 aliphatic rings. The van der Waals surface area contributed by atoms with Gasteiger partial charge in [0.05, 0.1) is 0 Å². The van der Waals surface area contributed by atoms with Crippen LogP contribution < -0.4 is 5.32 Å². The van der Waals surface area contributed by atoms with Gasteiger partial charge in [-0.2, -0.15) is 0 Å². The number of hydrogen-bond donors (Lipinski definition) is 1. The van der Waals surface area contributed by atoms with Gasteiger partial charge in [-0.15, -0.1) is 0 Å². The Balaban J connectivity index is 2.55. The van der Waals surface area contributed by atoms with E-state index in [1.54, 1.807) is 0 Å². The van der Waals surface area contributed by atoms with E-state index in [1.807, 2.05) is 0 Å². The first-order valence-electron chi connectivity index (χ1n) is 4.99. The van der Waals surface area contributed by atoms with E-state index in [2.05, 4.69) is 25.7 Å². The summed E-state index contributed by atoms with van der Waals surface area (Å²) in [5, 5.41) is 3.00. The van der Waals surface area contributed by atoms with Crippen molar-refractivity contribution in [2.75, 3.05) is 0 Å². The van der Waals surface area contributed by atoms with Gasteiger partial charge >= 0.3 is 0 Å². The predicted octanol–water partition coefficient (Wildman–Crippen LogP) is 2.26. The lowest BCUT2D eigenvalue weighted by Gasteiger charge is -2.38. The van der Waals surface area contributed by atoms with Gasteiger partial charge in [0.1, 0.15) is 0 Å². The Labute approximate surface area is 80.4 Å². The highest BCUT2D eigenvalue weighted by Gasteiger charge is 2.32. The number of rotatable bonds is 2. The highest BCUT2D eigenvalue weighted by molar-refractivity contribution is 5.87. The average Bonchev–Trinajstić information content (AvgIpc) is 2.08. The average molecular weight is 181 g/mol. The van der Waals surface area contributed by atoms with Crippen LogP contribution in [-0.2, 0) is 4.79 Å². The molecule has 2 nitrogen and oxygen atoms in total. The summed E-state index contributed by atoms with van der Waals surface area (Å²) >= 11 is 0. The van der Waals surface area contributed by atoms with Gasteiger partial charge in [0.25, 0.3) is 0 Å². The zero-order valence-corrected chi connectivity index (χ0v) is 8.60. The first-order valence-corrected chi connectivity index (χ1v) is 4.99. The van der Waals surface area contributed by atoms with E-state index in [0.717, 1.165) is 6.42 Å². The molecule has 74 valence electrons. The van der Waals surface area contributed by atoms with Crippen molar-refractivity contribution < 1.29 is 4.79 Å². The number of carbonyl (C=O) groups excluding carboxylic acids is 1. The molecule has 2 heteroatoms. The molecule has 0 aromatic carbocycles. The molecule has 0 heterocycles. The van der Waals surface area contributed by atoms with Gasteiger partial charge in [-0.25, -0.2) is 0 Å². The smallest absolute Gasteiger partial charge is 0.243 e. The minimum absolute atomic E-state index is 0.0417. The van der Waals surface area contributed by atoms with Crippen LogP contribution in [0.3, 0.4) is 0 Å². The van der Waals surface area contributed by atoms with Crippen LogP contribution in [0.2, 0.25) is 0 Å². The third kappa shape index (κ3) is 2.58. The molecule has 1 N–H and O–H groups in total. The molecular formula is C11H19NO. The Bertz CT molecular complexity index is 208. The Hall–Kier alpha value is -0.790. The molecule has 0 aliphatic heterocycles. The molecule has 1 rings (SSSR count). The van der Waals surface area contributed by atoms with Gasteiger partial charge in [0, 0.05) is 6.04 Å². The van der Waals surface area contributed by atoms with E-state index in [1.165, 1.54) is 25.3 Å². The highest BCUT2D eigenvalue weighted by Crippen LogP contribution is 2.35. The number of hydrogen-bond acceptors (Lipinski definition) is 1. The summed E-state index contributed by atoms with van der Waals surface area (Å²) in [6, 6.07) is 0.326. The van der Waals surface area contributed by atoms with Gasteiger partial charge < -0.3 is 5.32 Å². The highest BCUT2D eigenvalue weighted by atomic mass is 16.1. The standard InChI is InChI=1S/C11H19NO/c1-4-10(13)12-9-7-5-6-8-11(9,2)3/h4,9H,1,5-8H2,2-3H3,(H,12,13). The van der Waals surface area contributed by atoms with Crippen molar-refractivity contribution in [2.45, 2.75) is 45.6 Å². The Kier molecular flexibility index (Phi) is 3.12. The fraction of sp³-hybridized carbons (Fsp3) is 0.727. The van der Waals surface area contributed by atoms with Crippen LogP contribution in [0.1, 0.15) is 39.5 Å². The van der Waals surface area contributed by atoms with Gasteiger partial charge in [0.2, 0.25) is 5.91 Å². The first kappa shape index (κ1) is 10.3. The zero-order chi connectivity index (χ0) is 9.90. The molecule has 1 unspecified atom stereocenters. The SMILES string of the molecule is C=CC(=O)NC1CCCCC1(C)C. The van der Waals surface area contributed by atoms with E-state index in [4.69, 9.17) is 0 Å². The van der Waals surface area contributed by atoms with E-state index in [-0.39, 0.29) is 11.3 Å². The quantitative estimate of drug-likeness (QED) is 0.650. The lowest BCUT2D eigenvalue weighted by molar-refractivity contribution is -0.118. The van der Waals surface area contributed by atoms with E-state index < -0.39 is 0 Å². The molecule has 0 radical (unpaired) electrons. The lowest BCUT2D eigenvalue weighted by Crippen LogP contribution is -2.46. The molecule has 0 aromatic heterocycles. The second kappa shape index (κ2) is 3.95. The lowest BCUT2D eigenvalue weighted by atomic mass is 9.73. The largest absolute Gasteiger partial charge is 0.349 e. The van der Waals surface area contributed by atoms with Crippen molar-refractivity contribution in [1.82, 2.24) is 5.32 Å². The Morgan fingerprint density at radius 2 is 2.23 bits per heavy atom. The molecule has 1 saturated carbocycles. The van der Waals surface area contributed by atoms with Crippen molar-refractivity contribution >= 4 is 5.91 Å². The normalized spacial score (nSPS) is 26.5. The predicted molar refractivity (Wildman–Crippen MR) is 54.4 cm³/mol. The summed E-state index contributed by atoms with van der Waals surface area (Å²) in [7, 11) is 0. The van der Waals surface area contributed by atoms with Gasteiger partial charge in [-0.05, 0) is 24.3 Å². The zero-order valence-electron chi connectivity index (χ0n) is 8.60. The van der Waals surface area contributed by atoms with Crippen molar-refractivity contribution in [1.29, 1.82) is 0 Å². The molecule has 1 atom stereocenters. The molecule has 0 spiro atoms. The van der Waals surface area contributed by atoms with Crippen molar-refractivity contribution in [3.8, 4) is 0 Å². The first-order chi connectivity index (χ1) is 6.06. The summed E-state index contributed by atoms with van der Waals surface area (Å²) in [5.41, 5.74) is 0.247. The van der Waals surface area contributed by atoms with Crippen LogP contribution in [0.5, 0.6) is 0 Å². The second-order valence-corrected chi connectivity index (χ2v) is 4.50. The minimum Gasteiger partial charge on any atom is -0.349 e. The van der Waals surface area contributed by atoms with E-state index in [0.29, 0.717) is 6.04 Å². The third-order valence-corrected chi connectivity index (χ3v) is 3.01. The van der Waals surface area contributed by atoms with Crippen LogP contribution in [0.15, 0.2) is 12.7 Å². The molecular weight excluding hydrogens is 162 g/mol. The van der Waals surface area contributed by atoms with Crippen LogP contribution in [-0.4, -0.2) is 11.9 Å². The minimum atomic E-state index is -0.0417. The topological polar surface area (TPSA) is 29.1 Å². The van der Waals surface area contributed by atoms with Crippen LogP contribution >= 0.6 is 0 Å². The maximum absolute atomic E-state index is 11.1. The molecule has 0 saturated heterocycles. The van der Waals surface area contributed by atoms with Crippen molar-refractivity contribution in [2.24, 2.45) is 5.41 Å². The van der Waals surface area contributed by atoms with Crippen molar-refractivity contribution in [3.63, 3.8) is 0 Å². The summed E-state index contributed by atoms with van der Waals surface area (Å²) in [4.78, 5) is 11.1. The van der Waals surface area contributed by atoms with Crippen molar-refractivity contribution in [3.05, 3.63) is 12.7 Å². The maximum Gasteiger partial charge on any atom is 0.243 e. The van der Waals surface area contributed by atoms with Crippen LogP contribution in [0.4, 0.5) is 0 Å². The van der Waals surface area contributed by atoms with Gasteiger partial charge in [-0.1, -0.05) is 33.3 Å². The van der Waals surface area contributed by atoms with Gasteiger partial charge in [0.15, 0.2) is 0 Å². The molecule has 0 aromatic rings. The number of amides is 1. The summed E-state index contributed by atoms with van der Waals surface area (Å²) in [6.45, 7) is 7.91. The molecule has 1 fully saturated rings. The number of nitrogens with one attached hydrogen (secondary N) is 1. The summed E-state index contributed by atoms with van der Waals surface area (Å²) < 4.78 is 0. The summed E-state index contributed by atoms with van der Waals surface area (Å²) in [6.07, 6.45) is 6.17. The monoisotopic (exact) mass is 181 g/mol. The molecule has 0 bridgehead atoms. The number of carbonyl (C=O) groups is 1. The third-order valence-electron chi connectivity index (χ3n) is 3.01. The van der Waals surface area contributed by atoms with Crippen LogP contribution in [0.25, 0.3) is 0 Å². The fourth-order valence-electron chi connectivity index (χ4n) is 1.99. The summed E-state index contributed by atoms with van der Waals surface area (Å²) in [5.74, 6) is -0.0417. The van der Waals surface area contributed by atoms with Gasteiger partial charge in [-0.3, -0.25) is 4.79 Å². The van der Waals surface area contributed by atoms with Crippen LogP contribution in [0, 0.1) is 5.41 Å². The Morgan fingerprint density at radius 3 is 2.77 bits per heavy atom.